The zero-order chi connectivity index (χ0) is 15.1. The van der Waals surface area contributed by atoms with Gasteiger partial charge in [-0.25, -0.2) is 9.78 Å². The second kappa shape index (κ2) is 5.30. The molecule has 2 bridgehead atoms. The van der Waals surface area contributed by atoms with Gasteiger partial charge in [0.2, 0.25) is 0 Å². The molecule has 116 valence electrons. The van der Waals surface area contributed by atoms with E-state index in [0.29, 0.717) is 0 Å². The Morgan fingerprint density at radius 3 is 2.40 bits per heavy atom. The standard InChI is InChI=1S/C16H28O4/c1-10-12-8-7-11(13(10)20-19-12)14(17)18-16(5,6)9-15(2,3)4/h10-13H,7-9H2,1-6H3. The summed E-state index contributed by atoms with van der Waals surface area (Å²) in [6, 6.07) is 0. The SMILES string of the molecule is CC1C2CCC(C(=O)OC(C)(C)CC(C)(C)C)C1OO2. The first kappa shape index (κ1) is 15.8. The lowest BCUT2D eigenvalue weighted by Crippen LogP contribution is -2.42. The van der Waals surface area contributed by atoms with E-state index in [0.717, 1.165) is 19.3 Å². The molecule has 4 heteroatoms. The average molecular weight is 284 g/mol. The molecule has 2 aliphatic rings. The topological polar surface area (TPSA) is 44.8 Å². The van der Waals surface area contributed by atoms with Crippen LogP contribution in [0.1, 0.15) is 60.8 Å². The maximum atomic E-state index is 12.5. The minimum Gasteiger partial charge on any atom is -0.459 e. The Kier molecular flexibility index (Phi) is 4.18. The third kappa shape index (κ3) is 3.53. The van der Waals surface area contributed by atoms with Crippen LogP contribution in [-0.2, 0) is 19.3 Å². The molecule has 0 radical (unpaired) electrons. The van der Waals surface area contributed by atoms with Crippen molar-refractivity contribution in [3.63, 3.8) is 0 Å². The number of fused-ring (bicyclic) bond motifs is 2. The minimum absolute atomic E-state index is 0.127. The van der Waals surface area contributed by atoms with Gasteiger partial charge in [-0.2, -0.15) is 0 Å². The average Bonchev–Trinajstić information content (AvgIpc) is 2.49. The first-order valence-electron chi connectivity index (χ1n) is 7.64. The fraction of sp³-hybridized carbons (Fsp3) is 0.938. The first-order chi connectivity index (χ1) is 9.09. The molecule has 2 rings (SSSR count). The van der Waals surface area contributed by atoms with Gasteiger partial charge in [-0.3, -0.25) is 4.79 Å². The van der Waals surface area contributed by atoms with E-state index < -0.39 is 5.60 Å². The van der Waals surface area contributed by atoms with Crippen molar-refractivity contribution in [3.8, 4) is 0 Å². The fourth-order valence-electron chi connectivity index (χ4n) is 3.69. The van der Waals surface area contributed by atoms with Crippen LogP contribution in [-0.4, -0.2) is 23.8 Å². The number of carbonyl (C=O) groups excluding carboxylic acids is 1. The molecular weight excluding hydrogens is 256 g/mol. The van der Waals surface area contributed by atoms with E-state index in [2.05, 4.69) is 27.7 Å². The molecule has 1 aliphatic carbocycles. The molecule has 0 spiro atoms. The number of hydrogen-bond acceptors (Lipinski definition) is 4. The van der Waals surface area contributed by atoms with E-state index in [1.54, 1.807) is 0 Å². The van der Waals surface area contributed by atoms with Gasteiger partial charge in [-0.15, -0.1) is 0 Å². The van der Waals surface area contributed by atoms with E-state index in [-0.39, 0.29) is 35.4 Å². The van der Waals surface area contributed by atoms with Gasteiger partial charge in [0.25, 0.3) is 0 Å². The van der Waals surface area contributed by atoms with Crippen LogP contribution in [0.4, 0.5) is 0 Å². The van der Waals surface area contributed by atoms with Gasteiger partial charge >= 0.3 is 5.97 Å². The number of rotatable bonds is 3. The van der Waals surface area contributed by atoms with Crippen molar-refractivity contribution in [1.29, 1.82) is 0 Å². The lowest BCUT2D eigenvalue weighted by Gasteiger charge is -2.35. The maximum absolute atomic E-state index is 12.5. The number of carbonyl (C=O) groups is 1. The van der Waals surface area contributed by atoms with Gasteiger partial charge in [0.05, 0.1) is 12.0 Å². The smallest absolute Gasteiger partial charge is 0.312 e. The molecule has 0 N–H and O–H groups in total. The van der Waals surface area contributed by atoms with Gasteiger partial charge in [0.1, 0.15) is 11.7 Å². The number of esters is 1. The van der Waals surface area contributed by atoms with E-state index in [9.17, 15) is 4.79 Å². The Morgan fingerprint density at radius 1 is 1.15 bits per heavy atom. The van der Waals surface area contributed by atoms with Crippen molar-refractivity contribution in [3.05, 3.63) is 0 Å². The van der Waals surface area contributed by atoms with E-state index in [4.69, 9.17) is 14.5 Å². The monoisotopic (exact) mass is 284 g/mol. The summed E-state index contributed by atoms with van der Waals surface area (Å²) in [5.41, 5.74) is -0.323. The molecule has 0 amide bonds. The highest BCUT2D eigenvalue weighted by Crippen LogP contribution is 2.41. The van der Waals surface area contributed by atoms with Crippen LogP contribution in [0.25, 0.3) is 0 Å². The van der Waals surface area contributed by atoms with Gasteiger partial charge in [0, 0.05) is 5.92 Å². The summed E-state index contributed by atoms with van der Waals surface area (Å²) in [6.45, 7) is 12.5. The second-order valence-electron chi connectivity index (χ2n) is 8.16. The highest BCUT2D eigenvalue weighted by molar-refractivity contribution is 5.74. The molecule has 0 aromatic rings. The lowest BCUT2D eigenvalue weighted by atomic mass is 9.78. The molecule has 20 heavy (non-hydrogen) atoms. The Labute approximate surface area is 122 Å². The quantitative estimate of drug-likeness (QED) is 0.588. The molecule has 4 nitrogen and oxygen atoms in total. The molecule has 1 aliphatic heterocycles. The maximum Gasteiger partial charge on any atom is 0.312 e. The highest BCUT2D eigenvalue weighted by Gasteiger charge is 2.49. The normalized spacial score (nSPS) is 34.1. The molecular formula is C16H28O4. The summed E-state index contributed by atoms with van der Waals surface area (Å²) in [7, 11) is 0. The summed E-state index contributed by atoms with van der Waals surface area (Å²) < 4.78 is 5.78. The number of ether oxygens (including phenoxy) is 1. The van der Waals surface area contributed by atoms with Gasteiger partial charge in [-0.05, 0) is 38.5 Å². The summed E-state index contributed by atoms with van der Waals surface area (Å²) in [4.78, 5) is 23.1. The van der Waals surface area contributed by atoms with E-state index in [1.165, 1.54) is 0 Å². The predicted molar refractivity (Wildman–Crippen MR) is 75.9 cm³/mol. The van der Waals surface area contributed by atoms with Crippen LogP contribution in [0.3, 0.4) is 0 Å². The molecule has 1 heterocycles. The van der Waals surface area contributed by atoms with Crippen LogP contribution in [0, 0.1) is 17.3 Å². The lowest BCUT2D eigenvalue weighted by molar-refractivity contribution is -0.295. The van der Waals surface area contributed by atoms with Crippen LogP contribution < -0.4 is 0 Å². The van der Waals surface area contributed by atoms with Gasteiger partial charge in [-0.1, -0.05) is 27.7 Å². The Balaban J connectivity index is 1.98. The third-order valence-corrected chi connectivity index (χ3v) is 4.19. The van der Waals surface area contributed by atoms with Gasteiger partial charge < -0.3 is 4.74 Å². The van der Waals surface area contributed by atoms with E-state index >= 15 is 0 Å². The third-order valence-electron chi connectivity index (χ3n) is 4.19. The Hall–Kier alpha value is -0.610. The predicted octanol–water partition coefficient (Wildman–Crippen LogP) is 3.49. The Bertz CT molecular complexity index is 369. The van der Waals surface area contributed by atoms with Crippen molar-refractivity contribution < 1.29 is 19.3 Å². The molecule has 1 saturated carbocycles. The first-order valence-corrected chi connectivity index (χ1v) is 7.64. The van der Waals surface area contributed by atoms with Crippen LogP contribution in [0.15, 0.2) is 0 Å². The van der Waals surface area contributed by atoms with Crippen LogP contribution >= 0.6 is 0 Å². The second-order valence-corrected chi connectivity index (χ2v) is 8.16. The molecule has 0 aromatic heterocycles. The minimum atomic E-state index is -0.450. The fourth-order valence-corrected chi connectivity index (χ4v) is 3.69. The van der Waals surface area contributed by atoms with Crippen molar-refractivity contribution in [2.75, 3.05) is 0 Å². The van der Waals surface area contributed by atoms with Crippen LogP contribution in [0.5, 0.6) is 0 Å². The Morgan fingerprint density at radius 2 is 1.80 bits per heavy atom. The van der Waals surface area contributed by atoms with Gasteiger partial charge in [0.15, 0.2) is 0 Å². The molecule has 4 unspecified atom stereocenters. The van der Waals surface area contributed by atoms with Crippen molar-refractivity contribution in [1.82, 2.24) is 0 Å². The summed E-state index contributed by atoms with van der Waals surface area (Å²) in [5.74, 6) is -0.0601. The highest BCUT2D eigenvalue weighted by atomic mass is 17.2. The summed E-state index contributed by atoms with van der Waals surface area (Å²) in [5, 5.41) is 0. The number of hydrogen-bond donors (Lipinski definition) is 0. The van der Waals surface area contributed by atoms with Crippen molar-refractivity contribution in [2.45, 2.75) is 78.6 Å². The molecule has 2 fully saturated rings. The molecule has 1 saturated heterocycles. The molecule has 0 aromatic carbocycles. The van der Waals surface area contributed by atoms with Crippen molar-refractivity contribution in [2.24, 2.45) is 17.3 Å². The summed E-state index contributed by atoms with van der Waals surface area (Å²) in [6.07, 6.45) is 2.50. The summed E-state index contributed by atoms with van der Waals surface area (Å²) >= 11 is 0. The van der Waals surface area contributed by atoms with Crippen LogP contribution in [0.2, 0.25) is 0 Å². The zero-order valence-electron chi connectivity index (χ0n) is 13.6. The zero-order valence-corrected chi connectivity index (χ0v) is 13.6. The van der Waals surface area contributed by atoms with E-state index in [1.807, 2.05) is 13.8 Å². The molecule has 4 atom stereocenters. The largest absolute Gasteiger partial charge is 0.459 e. The van der Waals surface area contributed by atoms with Crippen molar-refractivity contribution >= 4 is 5.97 Å².